The SMILES string of the molecule is CN(c1cccc(F)c1)S(=O)(=O)c1cc(Cl)ccc1Cl. The molecule has 0 atom stereocenters. The van der Waals surface area contributed by atoms with Crippen LogP contribution in [0, 0.1) is 5.82 Å². The molecule has 0 aliphatic rings. The largest absolute Gasteiger partial charge is 0.269 e. The summed E-state index contributed by atoms with van der Waals surface area (Å²) in [5.41, 5.74) is 0.195. The number of nitrogens with zero attached hydrogens (tertiary/aromatic N) is 1. The molecule has 0 N–H and O–H groups in total. The normalized spacial score (nSPS) is 11.4. The molecule has 0 saturated carbocycles. The second kappa shape index (κ2) is 5.60. The van der Waals surface area contributed by atoms with Crippen LogP contribution in [0.15, 0.2) is 47.4 Å². The van der Waals surface area contributed by atoms with Gasteiger partial charge in [0.25, 0.3) is 10.0 Å². The molecule has 0 radical (unpaired) electrons. The number of rotatable bonds is 3. The molecule has 0 spiro atoms. The maximum absolute atomic E-state index is 13.2. The van der Waals surface area contributed by atoms with E-state index in [9.17, 15) is 12.8 Å². The first-order valence-electron chi connectivity index (χ1n) is 5.52. The Morgan fingerprint density at radius 3 is 2.45 bits per heavy atom. The van der Waals surface area contributed by atoms with Gasteiger partial charge in [0, 0.05) is 12.1 Å². The van der Waals surface area contributed by atoms with Crippen molar-refractivity contribution in [1.29, 1.82) is 0 Å². The van der Waals surface area contributed by atoms with Gasteiger partial charge in [-0.3, -0.25) is 4.31 Å². The Morgan fingerprint density at radius 1 is 1.10 bits per heavy atom. The molecule has 0 heterocycles. The van der Waals surface area contributed by atoms with Crippen LogP contribution in [-0.4, -0.2) is 15.5 Å². The molecule has 0 bridgehead atoms. The monoisotopic (exact) mass is 333 g/mol. The first kappa shape index (κ1) is 15.1. The van der Waals surface area contributed by atoms with Gasteiger partial charge in [0.15, 0.2) is 0 Å². The van der Waals surface area contributed by atoms with E-state index in [0.29, 0.717) is 0 Å². The fourth-order valence-corrected chi connectivity index (χ4v) is 3.56. The van der Waals surface area contributed by atoms with Gasteiger partial charge < -0.3 is 0 Å². The van der Waals surface area contributed by atoms with Crippen molar-refractivity contribution >= 4 is 38.9 Å². The average molecular weight is 334 g/mol. The van der Waals surface area contributed by atoms with Crippen LogP contribution in [0.2, 0.25) is 10.0 Å². The highest BCUT2D eigenvalue weighted by molar-refractivity contribution is 7.93. The Labute approximate surface area is 126 Å². The molecule has 3 nitrogen and oxygen atoms in total. The van der Waals surface area contributed by atoms with E-state index in [1.807, 2.05) is 0 Å². The first-order valence-corrected chi connectivity index (χ1v) is 7.71. The third kappa shape index (κ3) is 2.90. The predicted molar refractivity (Wildman–Crippen MR) is 78.5 cm³/mol. The van der Waals surface area contributed by atoms with E-state index in [1.54, 1.807) is 0 Å². The van der Waals surface area contributed by atoms with Crippen molar-refractivity contribution in [3.8, 4) is 0 Å². The lowest BCUT2D eigenvalue weighted by molar-refractivity contribution is 0.594. The van der Waals surface area contributed by atoms with Crippen LogP contribution >= 0.6 is 23.2 Å². The Bertz CT molecular complexity index is 750. The summed E-state index contributed by atoms with van der Waals surface area (Å²) in [5.74, 6) is -0.526. The summed E-state index contributed by atoms with van der Waals surface area (Å²) < 4.78 is 39.1. The number of anilines is 1. The highest BCUT2D eigenvalue weighted by Gasteiger charge is 2.24. The standard InChI is InChI=1S/C13H10Cl2FNO2S/c1-17(11-4-2-3-10(16)8-11)20(18,19)13-7-9(14)5-6-12(13)15/h2-8H,1H3. The molecule has 0 saturated heterocycles. The molecule has 0 amide bonds. The van der Waals surface area contributed by atoms with Gasteiger partial charge in [-0.1, -0.05) is 29.3 Å². The van der Waals surface area contributed by atoms with E-state index in [4.69, 9.17) is 23.2 Å². The van der Waals surface area contributed by atoms with Crippen LogP contribution in [0.25, 0.3) is 0 Å². The molecule has 2 aromatic rings. The minimum absolute atomic E-state index is 0.0534. The molecule has 2 rings (SSSR count). The van der Waals surface area contributed by atoms with Gasteiger partial charge >= 0.3 is 0 Å². The fraction of sp³-hybridized carbons (Fsp3) is 0.0769. The summed E-state index contributed by atoms with van der Waals surface area (Å²) >= 11 is 11.7. The number of benzene rings is 2. The Morgan fingerprint density at radius 2 is 1.80 bits per heavy atom. The molecule has 0 unspecified atom stereocenters. The topological polar surface area (TPSA) is 37.4 Å². The number of halogens is 3. The minimum atomic E-state index is -3.91. The Hall–Kier alpha value is -1.30. The van der Waals surface area contributed by atoms with Crippen LogP contribution < -0.4 is 4.31 Å². The molecule has 2 aromatic carbocycles. The van der Waals surface area contributed by atoms with Gasteiger partial charge in [-0.05, 0) is 36.4 Å². The molecule has 7 heteroatoms. The highest BCUT2D eigenvalue weighted by atomic mass is 35.5. The Balaban J connectivity index is 2.52. The van der Waals surface area contributed by atoms with Gasteiger partial charge in [-0.25, -0.2) is 12.8 Å². The van der Waals surface area contributed by atoms with E-state index in [-0.39, 0.29) is 20.6 Å². The fourth-order valence-electron chi connectivity index (χ4n) is 1.63. The van der Waals surface area contributed by atoms with E-state index in [1.165, 1.54) is 43.4 Å². The third-order valence-corrected chi connectivity index (χ3v) is 5.21. The highest BCUT2D eigenvalue weighted by Crippen LogP contribution is 2.29. The van der Waals surface area contributed by atoms with Crippen molar-refractivity contribution in [2.45, 2.75) is 4.90 Å². The maximum Gasteiger partial charge on any atom is 0.265 e. The van der Waals surface area contributed by atoms with E-state index >= 15 is 0 Å². The van der Waals surface area contributed by atoms with E-state index in [0.717, 1.165) is 10.4 Å². The van der Waals surface area contributed by atoms with Gasteiger partial charge in [-0.2, -0.15) is 0 Å². The zero-order valence-corrected chi connectivity index (χ0v) is 12.7. The summed E-state index contributed by atoms with van der Waals surface area (Å²) in [6.45, 7) is 0. The minimum Gasteiger partial charge on any atom is -0.269 e. The van der Waals surface area contributed by atoms with Crippen LogP contribution in [-0.2, 0) is 10.0 Å². The van der Waals surface area contributed by atoms with Crippen molar-refractivity contribution in [1.82, 2.24) is 0 Å². The van der Waals surface area contributed by atoms with Gasteiger partial charge in [0.05, 0.1) is 10.7 Å². The number of hydrogen-bond acceptors (Lipinski definition) is 2. The smallest absolute Gasteiger partial charge is 0.265 e. The second-order valence-electron chi connectivity index (χ2n) is 4.03. The van der Waals surface area contributed by atoms with E-state index in [2.05, 4.69) is 0 Å². The zero-order valence-electron chi connectivity index (χ0n) is 10.3. The number of sulfonamides is 1. The lowest BCUT2D eigenvalue weighted by Crippen LogP contribution is -2.26. The first-order chi connectivity index (χ1) is 9.32. The summed E-state index contributed by atoms with van der Waals surface area (Å²) in [4.78, 5) is -0.126. The molecule has 0 fully saturated rings. The predicted octanol–water partition coefficient (Wildman–Crippen LogP) is 3.96. The van der Waals surface area contributed by atoms with Gasteiger partial charge in [0.1, 0.15) is 10.7 Å². The van der Waals surface area contributed by atoms with E-state index < -0.39 is 15.8 Å². The summed E-state index contributed by atoms with van der Waals surface area (Å²) in [6.07, 6.45) is 0. The average Bonchev–Trinajstić information content (AvgIpc) is 2.40. The van der Waals surface area contributed by atoms with Crippen LogP contribution in [0.3, 0.4) is 0 Å². The maximum atomic E-state index is 13.2. The molecule has 0 aromatic heterocycles. The molecular formula is C13H10Cl2FNO2S. The van der Waals surface area contributed by atoms with Crippen LogP contribution in [0.1, 0.15) is 0 Å². The van der Waals surface area contributed by atoms with Crippen LogP contribution in [0.5, 0.6) is 0 Å². The zero-order chi connectivity index (χ0) is 14.9. The van der Waals surface area contributed by atoms with Crippen molar-refractivity contribution in [3.63, 3.8) is 0 Å². The van der Waals surface area contributed by atoms with Crippen molar-refractivity contribution in [2.24, 2.45) is 0 Å². The third-order valence-electron chi connectivity index (χ3n) is 2.70. The van der Waals surface area contributed by atoms with Gasteiger partial charge in [0.2, 0.25) is 0 Å². The van der Waals surface area contributed by atoms with Crippen molar-refractivity contribution in [2.75, 3.05) is 11.4 Å². The summed E-state index contributed by atoms with van der Waals surface area (Å²) in [7, 11) is -2.59. The number of hydrogen-bond donors (Lipinski definition) is 0. The molecule has 0 aliphatic heterocycles. The second-order valence-corrected chi connectivity index (χ2v) is 6.81. The lowest BCUT2D eigenvalue weighted by Gasteiger charge is -2.20. The van der Waals surface area contributed by atoms with Crippen molar-refractivity contribution in [3.05, 3.63) is 58.3 Å². The molecular weight excluding hydrogens is 324 g/mol. The molecule has 0 aliphatic carbocycles. The van der Waals surface area contributed by atoms with Gasteiger partial charge in [-0.15, -0.1) is 0 Å². The summed E-state index contributed by atoms with van der Waals surface area (Å²) in [6, 6.07) is 9.41. The van der Waals surface area contributed by atoms with Crippen molar-refractivity contribution < 1.29 is 12.8 Å². The molecule has 106 valence electrons. The Kier molecular flexibility index (Phi) is 4.22. The lowest BCUT2D eigenvalue weighted by atomic mass is 10.3. The summed E-state index contributed by atoms with van der Waals surface area (Å²) in [5, 5.41) is 0.304. The molecule has 20 heavy (non-hydrogen) atoms. The quantitative estimate of drug-likeness (QED) is 0.852. The van der Waals surface area contributed by atoms with Crippen LogP contribution in [0.4, 0.5) is 10.1 Å².